The maximum Gasteiger partial charge on any atom is 0.251 e. The first kappa shape index (κ1) is 17.6. The lowest BCUT2D eigenvalue weighted by atomic mass is 9.98. The summed E-state index contributed by atoms with van der Waals surface area (Å²) in [6.07, 6.45) is 2.76. The van der Waals surface area contributed by atoms with Gasteiger partial charge in [0, 0.05) is 17.5 Å². The number of aryl methyl sites for hydroxylation is 1. The fourth-order valence-corrected chi connectivity index (χ4v) is 3.92. The summed E-state index contributed by atoms with van der Waals surface area (Å²) < 4.78 is 5.72. The molecule has 0 bridgehead atoms. The minimum atomic E-state index is -0.0351. The molecular formula is C23H25N2O2+. The molecule has 0 spiro atoms. The van der Waals surface area contributed by atoms with Gasteiger partial charge in [-0.15, -0.1) is 0 Å². The van der Waals surface area contributed by atoms with Crippen molar-refractivity contribution in [3.05, 3.63) is 94.9 Å². The van der Waals surface area contributed by atoms with Crippen molar-refractivity contribution in [1.29, 1.82) is 0 Å². The van der Waals surface area contributed by atoms with Crippen LogP contribution >= 0.6 is 0 Å². The maximum atomic E-state index is 12.6. The first-order chi connectivity index (χ1) is 13.2. The molecule has 4 heteroatoms. The van der Waals surface area contributed by atoms with Gasteiger partial charge in [-0.1, -0.05) is 42.0 Å². The molecule has 0 fully saturated rings. The van der Waals surface area contributed by atoms with Gasteiger partial charge in [-0.25, -0.2) is 0 Å². The number of quaternary nitrogens is 1. The third kappa shape index (κ3) is 3.96. The van der Waals surface area contributed by atoms with Crippen LogP contribution in [0.3, 0.4) is 0 Å². The van der Waals surface area contributed by atoms with Crippen molar-refractivity contribution in [2.75, 3.05) is 13.1 Å². The molecule has 27 heavy (non-hydrogen) atoms. The third-order valence-corrected chi connectivity index (χ3v) is 5.38. The Morgan fingerprint density at radius 1 is 1.11 bits per heavy atom. The number of nitrogens with one attached hydrogen (secondary N) is 2. The van der Waals surface area contributed by atoms with E-state index in [2.05, 4.69) is 29.6 Å². The van der Waals surface area contributed by atoms with E-state index in [1.54, 1.807) is 6.26 Å². The molecule has 0 aliphatic carbocycles. The first-order valence-corrected chi connectivity index (χ1v) is 9.50. The zero-order valence-corrected chi connectivity index (χ0v) is 15.6. The van der Waals surface area contributed by atoms with Crippen LogP contribution in [0.5, 0.6) is 0 Å². The number of furan rings is 1. The maximum absolute atomic E-state index is 12.6. The fourth-order valence-electron chi connectivity index (χ4n) is 3.92. The molecule has 2 atom stereocenters. The second-order valence-electron chi connectivity index (χ2n) is 7.25. The van der Waals surface area contributed by atoms with E-state index in [4.69, 9.17) is 4.42 Å². The lowest BCUT2D eigenvalue weighted by Gasteiger charge is -2.31. The molecule has 1 unspecified atom stereocenters. The fraction of sp³-hybridized carbons (Fsp3) is 0.261. The van der Waals surface area contributed by atoms with E-state index >= 15 is 0 Å². The van der Waals surface area contributed by atoms with E-state index in [9.17, 15) is 4.79 Å². The minimum absolute atomic E-state index is 0.0351. The molecule has 1 aromatic heterocycles. The van der Waals surface area contributed by atoms with Gasteiger partial charge in [-0.2, -0.15) is 0 Å². The van der Waals surface area contributed by atoms with Crippen molar-refractivity contribution in [2.24, 2.45) is 0 Å². The quantitative estimate of drug-likeness (QED) is 0.734. The van der Waals surface area contributed by atoms with Crippen molar-refractivity contribution in [3.63, 3.8) is 0 Å². The van der Waals surface area contributed by atoms with Gasteiger partial charge in [0.25, 0.3) is 5.91 Å². The summed E-state index contributed by atoms with van der Waals surface area (Å²) in [5, 5.41) is 3.12. The second kappa shape index (κ2) is 7.80. The predicted molar refractivity (Wildman–Crippen MR) is 105 cm³/mol. The molecule has 4 nitrogen and oxygen atoms in total. The van der Waals surface area contributed by atoms with Gasteiger partial charge >= 0.3 is 0 Å². The number of hydrogen-bond acceptors (Lipinski definition) is 2. The van der Waals surface area contributed by atoms with Gasteiger partial charge in [-0.3, -0.25) is 4.79 Å². The van der Waals surface area contributed by atoms with E-state index in [-0.39, 0.29) is 11.9 Å². The molecule has 0 saturated heterocycles. The molecule has 1 aliphatic rings. The molecule has 1 amide bonds. The Bertz CT molecular complexity index is 918. The smallest absolute Gasteiger partial charge is 0.251 e. The standard InChI is InChI=1S/C23H24N2O2/c1-17-6-4-9-19(14-17)23(26)24-15-21(22-10-5-13-27-22)25-12-11-18-7-2-3-8-20(18)16-25/h2-10,13-14,21H,11-12,15-16H2,1H3,(H,24,26)/p+1/t21-/m1/s1. The van der Waals surface area contributed by atoms with E-state index in [0.717, 1.165) is 30.8 Å². The highest BCUT2D eigenvalue weighted by molar-refractivity contribution is 5.94. The van der Waals surface area contributed by atoms with Crippen LogP contribution < -0.4 is 10.2 Å². The van der Waals surface area contributed by atoms with E-state index < -0.39 is 0 Å². The molecule has 3 aromatic rings. The van der Waals surface area contributed by atoms with Gasteiger partial charge < -0.3 is 14.6 Å². The van der Waals surface area contributed by atoms with Crippen LogP contribution in [0.4, 0.5) is 0 Å². The topological polar surface area (TPSA) is 46.7 Å². The SMILES string of the molecule is Cc1cccc(C(=O)NC[C@H](c2ccco2)[NH+]2CCc3ccccc3C2)c1. The number of carbonyl (C=O) groups excluding carboxylic acids is 1. The van der Waals surface area contributed by atoms with Gasteiger partial charge in [-0.05, 0) is 36.8 Å². The average Bonchev–Trinajstić information content (AvgIpc) is 3.22. The van der Waals surface area contributed by atoms with Crippen molar-refractivity contribution >= 4 is 5.91 Å². The van der Waals surface area contributed by atoms with Crippen LogP contribution in [-0.2, 0) is 13.0 Å². The Morgan fingerprint density at radius 2 is 1.96 bits per heavy atom. The largest absolute Gasteiger partial charge is 0.463 e. The van der Waals surface area contributed by atoms with Crippen molar-refractivity contribution in [3.8, 4) is 0 Å². The highest BCUT2D eigenvalue weighted by Crippen LogP contribution is 2.16. The Morgan fingerprint density at radius 3 is 2.74 bits per heavy atom. The van der Waals surface area contributed by atoms with Gasteiger partial charge in [0.15, 0.2) is 11.8 Å². The second-order valence-corrected chi connectivity index (χ2v) is 7.25. The van der Waals surface area contributed by atoms with Gasteiger partial charge in [0.05, 0.1) is 19.4 Å². The summed E-state index contributed by atoms with van der Waals surface area (Å²) >= 11 is 0. The Hall–Kier alpha value is -2.85. The zero-order valence-electron chi connectivity index (χ0n) is 15.6. The lowest BCUT2D eigenvalue weighted by Crippen LogP contribution is -3.12. The van der Waals surface area contributed by atoms with Crippen LogP contribution in [0, 0.1) is 6.92 Å². The summed E-state index contributed by atoms with van der Waals surface area (Å²) in [6, 6.07) is 20.3. The summed E-state index contributed by atoms with van der Waals surface area (Å²) in [7, 11) is 0. The number of carbonyl (C=O) groups is 1. The summed E-state index contributed by atoms with van der Waals surface area (Å²) in [5.74, 6) is 0.890. The molecule has 0 saturated carbocycles. The van der Waals surface area contributed by atoms with E-state index in [0.29, 0.717) is 12.1 Å². The normalized spacial score (nSPS) is 17.1. The van der Waals surface area contributed by atoms with Crippen LogP contribution in [0.15, 0.2) is 71.3 Å². The van der Waals surface area contributed by atoms with E-state index in [1.807, 2.05) is 43.3 Å². The summed E-state index contributed by atoms with van der Waals surface area (Å²) in [4.78, 5) is 14.0. The van der Waals surface area contributed by atoms with Crippen LogP contribution in [0.25, 0.3) is 0 Å². The third-order valence-electron chi connectivity index (χ3n) is 5.38. The number of fused-ring (bicyclic) bond motifs is 1. The lowest BCUT2D eigenvalue weighted by molar-refractivity contribution is -0.946. The number of hydrogen-bond donors (Lipinski definition) is 2. The minimum Gasteiger partial charge on any atom is -0.463 e. The molecule has 1 aliphatic heterocycles. The highest BCUT2D eigenvalue weighted by Gasteiger charge is 2.30. The molecule has 4 rings (SSSR count). The highest BCUT2D eigenvalue weighted by atomic mass is 16.3. The number of rotatable bonds is 5. The number of benzene rings is 2. The van der Waals surface area contributed by atoms with Crippen LogP contribution in [0.1, 0.15) is 38.9 Å². The Kier molecular flexibility index (Phi) is 5.07. The van der Waals surface area contributed by atoms with Gasteiger partial charge in [0.1, 0.15) is 6.54 Å². The van der Waals surface area contributed by atoms with Crippen molar-refractivity contribution in [1.82, 2.24) is 5.32 Å². The van der Waals surface area contributed by atoms with Crippen molar-refractivity contribution < 1.29 is 14.1 Å². The molecule has 2 N–H and O–H groups in total. The predicted octanol–water partition coefficient (Wildman–Crippen LogP) is 2.70. The summed E-state index contributed by atoms with van der Waals surface area (Å²) in [6.45, 7) is 4.53. The van der Waals surface area contributed by atoms with Crippen LogP contribution in [0.2, 0.25) is 0 Å². The average molecular weight is 361 g/mol. The summed E-state index contributed by atoms with van der Waals surface area (Å²) in [5.41, 5.74) is 4.61. The molecule has 138 valence electrons. The number of amides is 1. The van der Waals surface area contributed by atoms with Crippen molar-refractivity contribution in [2.45, 2.75) is 25.9 Å². The molecule has 0 radical (unpaired) electrons. The molecule has 2 heterocycles. The zero-order chi connectivity index (χ0) is 18.6. The molecular weight excluding hydrogens is 336 g/mol. The first-order valence-electron chi connectivity index (χ1n) is 9.50. The Balaban J connectivity index is 1.50. The molecule has 2 aromatic carbocycles. The van der Waals surface area contributed by atoms with Crippen LogP contribution in [-0.4, -0.2) is 19.0 Å². The van der Waals surface area contributed by atoms with E-state index in [1.165, 1.54) is 16.0 Å². The van der Waals surface area contributed by atoms with Gasteiger partial charge in [0.2, 0.25) is 0 Å². The Labute approximate surface area is 159 Å². The monoisotopic (exact) mass is 361 g/mol.